The van der Waals surface area contributed by atoms with Crippen LogP contribution in [0, 0.1) is 12.0 Å². The van der Waals surface area contributed by atoms with E-state index in [2.05, 4.69) is 45.8 Å². The first kappa shape index (κ1) is 17.1. The minimum Gasteiger partial charge on any atom is -0.447 e. The first-order valence-electron chi connectivity index (χ1n) is 7.31. The minimum absolute atomic E-state index is 0.267. The lowest BCUT2D eigenvalue weighted by Crippen LogP contribution is -2.40. The number of hydrogen-bond acceptors (Lipinski definition) is 3. The molecule has 114 valence electrons. The maximum Gasteiger partial charge on any atom is 0.421 e. The lowest BCUT2D eigenvalue weighted by molar-refractivity contribution is 0.167. The van der Waals surface area contributed by atoms with E-state index in [-0.39, 0.29) is 11.1 Å². The zero-order valence-corrected chi connectivity index (χ0v) is 14.4. The van der Waals surface area contributed by atoms with Crippen LogP contribution in [-0.2, 0) is 9.16 Å². The maximum absolute atomic E-state index is 11.1. The second-order valence-electron chi connectivity index (χ2n) is 6.62. The van der Waals surface area contributed by atoms with Gasteiger partial charge in [0, 0.05) is 19.1 Å². The van der Waals surface area contributed by atoms with Crippen LogP contribution < -0.4 is 0 Å². The van der Waals surface area contributed by atoms with E-state index in [0.29, 0.717) is 13.2 Å². The maximum atomic E-state index is 11.1. The molecule has 0 unspecified atom stereocenters. The van der Waals surface area contributed by atoms with Crippen LogP contribution in [0.4, 0.5) is 4.79 Å². The molecular formula is C15H27NO3Si. The summed E-state index contributed by atoms with van der Waals surface area (Å²) in [5.41, 5.74) is 0. The molecule has 0 radical (unpaired) electrons. The van der Waals surface area contributed by atoms with E-state index in [1.807, 2.05) is 0 Å². The van der Waals surface area contributed by atoms with Gasteiger partial charge in [0.25, 0.3) is 0 Å². The van der Waals surface area contributed by atoms with Gasteiger partial charge in [0.05, 0.1) is 6.54 Å². The summed E-state index contributed by atoms with van der Waals surface area (Å²) < 4.78 is 10.9. The van der Waals surface area contributed by atoms with Gasteiger partial charge in [-0.3, -0.25) is 0 Å². The van der Waals surface area contributed by atoms with Crippen LogP contribution >= 0.6 is 0 Å². The predicted octanol–water partition coefficient (Wildman–Crippen LogP) is 3.59. The van der Waals surface area contributed by atoms with Crippen molar-refractivity contribution in [2.24, 2.45) is 0 Å². The summed E-state index contributed by atoms with van der Waals surface area (Å²) in [6.45, 7) is 13.1. The molecule has 1 heterocycles. The van der Waals surface area contributed by atoms with Gasteiger partial charge in [0.1, 0.15) is 6.61 Å². The Labute approximate surface area is 123 Å². The Balaban J connectivity index is 2.14. The molecule has 20 heavy (non-hydrogen) atoms. The number of carbonyl (C=O) groups is 1. The molecule has 1 aliphatic rings. The van der Waals surface area contributed by atoms with Crippen molar-refractivity contribution in [3.8, 4) is 12.0 Å². The van der Waals surface area contributed by atoms with E-state index in [1.165, 1.54) is 4.90 Å². The van der Waals surface area contributed by atoms with Crippen LogP contribution in [0.5, 0.6) is 0 Å². The van der Waals surface area contributed by atoms with Crippen molar-refractivity contribution in [3.63, 3.8) is 0 Å². The van der Waals surface area contributed by atoms with Crippen molar-refractivity contribution in [2.45, 2.75) is 58.2 Å². The van der Waals surface area contributed by atoms with Crippen LogP contribution in [0.3, 0.4) is 0 Å². The molecule has 0 aromatic rings. The molecule has 0 aromatic carbocycles. The van der Waals surface area contributed by atoms with Crippen molar-refractivity contribution >= 4 is 14.4 Å². The standard InChI is InChI=1S/C15H27NO3Si/c1-15(2,3)20(4,5)19-12-9-7-6-8-10-16-11-13-18-14(16)17/h6-7,9,11-13H2,1-5H3. The number of ether oxygens (including phenoxy) is 1. The fourth-order valence-corrected chi connectivity index (χ4v) is 2.59. The normalized spacial score (nSPS) is 15.8. The highest BCUT2D eigenvalue weighted by atomic mass is 28.4. The lowest BCUT2D eigenvalue weighted by Gasteiger charge is -2.36. The Bertz CT molecular complexity index is 390. The van der Waals surface area contributed by atoms with Gasteiger partial charge >= 0.3 is 6.09 Å². The Morgan fingerprint density at radius 3 is 2.60 bits per heavy atom. The molecule has 5 heteroatoms. The molecule has 4 nitrogen and oxygen atoms in total. The van der Waals surface area contributed by atoms with E-state index in [4.69, 9.17) is 9.16 Å². The zero-order chi connectivity index (χ0) is 15.2. The van der Waals surface area contributed by atoms with E-state index < -0.39 is 8.32 Å². The highest BCUT2D eigenvalue weighted by Gasteiger charge is 2.36. The van der Waals surface area contributed by atoms with E-state index >= 15 is 0 Å². The molecule has 1 saturated heterocycles. The van der Waals surface area contributed by atoms with Gasteiger partial charge in [0.15, 0.2) is 8.32 Å². The summed E-state index contributed by atoms with van der Waals surface area (Å²) in [4.78, 5) is 12.6. The molecule has 0 spiro atoms. The highest BCUT2D eigenvalue weighted by molar-refractivity contribution is 6.74. The van der Waals surface area contributed by atoms with E-state index in [0.717, 1.165) is 25.9 Å². The van der Waals surface area contributed by atoms with E-state index in [9.17, 15) is 4.79 Å². The first-order valence-corrected chi connectivity index (χ1v) is 10.2. The smallest absolute Gasteiger partial charge is 0.421 e. The molecule has 0 bridgehead atoms. The van der Waals surface area contributed by atoms with Crippen molar-refractivity contribution in [1.82, 2.24) is 4.90 Å². The molecule has 0 aliphatic carbocycles. The third-order valence-electron chi connectivity index (χ3n) is 3.94. The lowest BCUT2D eigenvalue weighted by atomic mass is 10.2. The summed E-state index contributed by atoms with van der Waals surface area (Å²) in [6.07, 6.45) is 2.50. The molecular weight excluding hydrogens is 270 g/mol. The molecule has 0 aromatic heterocycles. The summed E-state index contributed by atoms with van der Waals surface area (Å²) >= 11 is 0. The first-order chi connectivity index (χ1) is 9.24. The average Bonchev–Trinajstić information content (AvgIpc) is 2.72. The van der Waals surface area contributed by atoms with Crippen LogP contribution in [0.2, 0.25) is 18.1 Å². The molecule has 1 aliphatic heterocycles. The van der Waals surface area contributed by atoms with Gasteiger partial charge in [-0.05, 0) is 31.0 Å². The van der Waals surface area contributed by atoms with E-state index in [1.54, 1.807) is 0 Å². The van der Waals surface area contributed by atoms with Crippen LogP contribution in [0.15, 0.2) is 0 Å². The topological polar surface area (TPSA) is 38.8 Å². The second kappa shape index (κ2) is 7.14. The van der Waals surface area contributed by atoms with Gasteiger partial charge in [-0.1, -0.05) is 26.7 Å². The largest absolute Gasteiger partial charge is 0.447 e. The SMILES string of the molecule is CC(C)(C)[Si](C)(C)OCCCCC#CN1CCOC1=O. The van der Waals surface area contributed by atoms with Gasteiger partial charge in [-0.25, -0.2) is 9.69 Å². The van der Waals surface area contributed by atoms with Crippen LogP contribution in [0.1, 0.15) is 40.0 Å². The monoisotopic (exact) mass is 297 g/mol. The Morgan fingerprint density at radius 2 is 2.05 bits per heavy atom. The number of cyclic esters (lactones) is 1. The van der Waals surface area contributed by atoms with Crippen LogP contribution in [-0.4, -0.2) is 39.1 Å². The average molecular weight is 297 g/mol. The van der Waals surface area contributed by atoms with Crippen molar-refractivity contribution in [1.29, 1.82) is 0 Å². The molecule has 1 rings (SSSR count). The van der Waals surface area contributed by atoms with Gasteiger partial charge in [-0.2, -0.15) is 0 Å². The highest BCUT2D eigenvalue weighted by Crippen LogP contribution is 2.36. The fraction of sp³-hybridized carbons (Fsp3) is 0.800. The number of hydrogen-bond donors (Lipinski definition) is 0. The number of amides is 1. The Morgan fingerprint density at radius 1 is 1.35 bits per heavy atom. The molecule has 1 amide bonds. The molecule has 1 fully saturated rings. The summed E-state index contributed by atoms with van der Waals surface area (Å²) in [5.74, 6) is 3.02. The minimum atomic E-state index is -1.61. The second-order valence-corrected chi connectivity index (χ2v) is 11.4. The van der Waals surface area contributed by atoms with Crippen molar-refractivity contribution in [3.05, 3.63) is 0 Å². The summed E-state index contributed by atoms with van der Waals surface area (Å²) in [6, 6.07) is 2.84. The fourth-order valence-electron chi connectivity index (χ4n) is 1.51. The summed E-state index contributed by atoms with van der Waals surface area (Å²) in [7, 11) is -1.61. The van der Waals surface area contributed by atoms with Crippen LogP contribution in [0.25, 0.3) is 0 Å². The van der Waals surface area contributed by atoms with Crippen molar-refractivity contribution < 1.29 is 14.0 Å². The Hall–Kier alpha value is -0.993. The van der Waals surface area contributed by atoms with Gasteiger partial charge < -0.3 is 9.16 Å². The van der Waals surface area contributed by atoms with Gasteiger partial charge in [-0.15, -0.1) is 0 Å². The zero-order valence-electron chi connectivity index (χ0n) is 13.4. The number of carbonyl (C=O) groups excluding carboxylic acids is 1. The molecule has 0 atom stereocenters. The number of rotatable bonds is 5. The Kier molecular flexibility index (Phi) is 6.09. The molecule has 0 N–H and O–H groups in total. The molecule has 0 saturated carbocycles. The van der Waals surface area contributed by atoms with Gasteiger partial charge in [0.2, 0.25) is 0 Å². The predicted molar refractivity (Wildman–Crippen MR) is 82.8 cm³/mol. The third-order valence-corrected chi connectivity index (χ3v) is 8.48. The quantitative estimate of drug-likeness (QED) is 0.442. The van der Waals surface area contributed by atoms with Crippen molar-refractivity contribution in [2.75, 3.05) is 19.8 Å². The summed E-state index contributed by atoms with van der Waals surface area (Å²) in [5, 5.41) is 0.267. The third kappa shape index (κ3) is 5.18. The number of unbranched alkanes of at least 4 members (excludes halogenated alkanes) is 2. The number of nitrogens with zero attached hydrogens (tertiary/aromatic N) is 1.